The van der Waals surface area contributed by atoms with E-state index < -0.39 is 9.84 Å². The molecular formula is C17H21NO3S. The number of aryl methyl sites for hydroxylation is 1. The van der Waals surface area contributed by atoms with E-state index in [1.54, 1.807) is 0 Å². The van der Waals surface area contributed by atoms with Crippen molar-refractivity contribution in [2.75, 3.05) is 12.3 Å². The molecule has 118 valence electrons. The molecule has 0 heterocycles. The van der Waals surface area contributed by atoms with Crippen molar-refractivity contribution in [3.63, 3.8) is 0 Å². The van der Waals surface area contributed by atoms with Crippen LogP contribution in [0.3, 0.4) is 0 Å². The normalized spacial score (nSPS) is 25.7. The van der Waals surface area contributed by atoms with Crippen molar-refractivity contribution in [2.24, 2.45) is 5.92 Å². The minimum absolute atomic E-state index is 0.00462. The fourth-order valence-corrected chi connectivity index (χ4v) is 4.28. The molecule has 1 spiro atoms. The van der Waals surface area contributed by atoms with Gasteiger partial charge in [0, 0.05) is 23.8 Å². The Morgan fingerprint density at radius 1 is 1.41 bits per heavy atom. The van der Waals surface area contributed by atoms with Crippen LogP contribution in [-0.4, -0.2) is 26.6 Å². The molecule has 0 radical (unpaired) electrons. The Hall–Kier alpha value is -1.62. The zero-order valence-corrected chi connectivity index (χ0v) is 13.4. The van der Waals surface area contributed by atoms with E-state index in [1.807, 2.05) is 0 Å². The maximum Gasteiger partial charge on any atom is 0.221 e. The van der Waals surface area contributed by atoms with Crippen molar-refractivity contribution in [1.29, 1.82) is 0 Å². The molecule has 22 heavy (non-hydrogen) atoms. The van der Waals surface area contributed by atoms with E-state index in [1.165, 1.54) is 11.1 Å². The first-order valence-electron chi connectivity index (χ1n) is 7.67. The van der Waals surface area contributed by atoms with Gasteiger partial charge in [-0.1, -0.05) is 30.8 Å². The van der Waals surface area contributed by atoms with Crippen molar-refractivity contribution >= 4 is 15.7 Å². The predicted molar refractivity (Wildman–Crippen MR) is 86.2 cm³/mol. The van der Waals surface area contributed by atoms with Gasteiger partial charge in [-0.05, 0) is 36.3 Å². The summed E-state index contributed by atoms with van der Waals surface area (Å²) in [5.74, 6) is 0.121. The molecule has 4 nitrogen and oxygen atoms in total. The van der Waals surface area contributed by atoms with Crippen molar-refractivity contribution in [3.8, 4) is 0 Å². The monoisotopic (exact) mass is 319 g/mol. The number of amides is 1. The maximum atomic E-state index is 11.8. The lowest BCUT2D eigenvalue weighted by atomic mass is 9.95. The van der Waals surface area contributed by atoms with Crippen molar-refractivity contribution in [1.82, 2.24) is 5.32 Å². The number of sulfone groups is 1. The molecule has 3 rings (SSSR count). The fourth-order valence-electron chi connectivity index (χ4n) is 3.64. The summed E-state index contributed by atoms with van der Waals surface area (Å²) in [5, 5.41) is 3.79. The number of nitrogens with one attached hydrogen (secondary N) is 1. The van der Waals surface area contributed by atoms with Gasteiger partial charge in [-0.3, -0.25) is 4.79 Å². The van der Waals surface area contributed by atoms with Gasteiger partial charge in [0.1, 0.15) is 0 Å². The van der Waals surface area contributed by atoms with Crippen LogP contribution in [0.2, 0.25) is 0 Å². The molecule has 2 unspecified atom stereocenters. The number of carbonyl (C=O) groups excluding carboxylic acids is 1. The van der Waals surface area contributed by atoms with Gasteiger partial charge in [-0.15, -0.1) is 0 Å². The Morgan fingerprint density at radius 2 is 2.18 bits per heavy atom. The van der Waals surface area contributed by atoms with Gasteiger partial charge in [0.25, 0.3) is 0 Å². The average molecular weight is 319 g/mol. The van der Waals surface area contributed by atoms with Crippen LogP contribution >= 0.6 is 0 Å². The minimum Gasteiger partial charge on any atom is -0.356 e. The summed E-state index contributed by atoms with van der Waals surface area (Å²) in [7, 11) is -3.30. The van der Waals surface area contributed by atoms with Gasteiger partial charge >= 0.3 is 0 Å². The Balaban J connectivity index is 1.51. The number of fused-ring (bicyclic) bond motifs is 2. The zero-order chi connectivity index (χ0) is 15.8. The predicted octanol–water partition coefficient (Wildman–Crippen LogP) is 1.96. The van der Waals surface area contributed by atoms with Crippen LogP contribution in [0.25, 0.3) is 0 Å². The van der Waals surface area contributed by atoms with E-state index in [-0.39, 0.29) is 23.5 Å². The Morgan fingerprint density at radius 3 is 2.95 bits per heavy atom. The third kappa shape index (κ3) is 2.82. The Bertz CT molecular complexity index is 710. The maximum absolute atomic E-state index is 11.8. The number of hydrogen-bond acceptors (Lipinski definition) is 3. The van der Waals surface area contributed by atoms with Crippen LogP contribution in [-0.2, 0) is 26.5 Å². The molecule has 1 N–H and O–H groups in total. The molecule has 2 atom stereocenters. The lowest BCUT2D eigenvalue weighted by Crippen LogP contribution is -2.28. The molecule has 5 heteroatoms. The first kappa shape index (κ1) is 15.3. The van der Waals surface area contributed by atoms with Crippen LogP contribution in [0.1, 0.15) is 30.4 Å². The SMILES string of the molecule is C=CS(=O)(=O)CCC(=O)NCC1CC12CCc1ccccc12. The first-order valence-corrected chi connectivity index (χ1v) is 9.39. The summed E-state index contributed by atoms with van der Waals surface area (Å²) in [5.41, 5.74) is 3.15. The van der Waals surface area contributed by atoms with Gasteiger partial charge in [0.05, 0.1) is 5.75 Å². The van der Waals surface area contributed by atoms with Crippen LogP contribution in [0.15, 0.2) is 36.3 Å². The molecule has 1 aromatic rings. The lowest BCUT2D eigenvalue weighted by Gasteiger charge is -2.12. The Kier molecular flexibility index (Phi) is 3.85. The molecule has 2 aliphatic rings. The molecule has 1 fully saturated rings. The number of rotatable bonds is 6. The molecule has 0 bridgehead atoms. The third-order valence-electron chi connectivity index (χ3n) is 5.04. The molecule has 0 saturated heterocycles. The molecule has 1 amide bonds. The number of hydrogen-bond donors (Lipinski definition) is 1. The molecule has 1 aromatic carbocycles. The van der Waals surface area contributed by atoms with Crippen LogP contribution in [0.5, 0.6) is 0 Å². The second-order valence-corrected chi connectivity index (χ2v) is 8.37. The van der Waals surface area contributed by atoms with Crippen LogP contribution < -0.4 is 5.32 Å². The second kappa shape index (κ2) is 5.54. The smallest absolute Gasteiger partial charge is 0.221 e. The second-order valence-electron chi connectivity index (χ2n) is 6.30. The number of benzene rings is 1. The van der Waals surface area contributed by atoms with Crippen LogP contribution in [0, 0.1) is 5.92 Å². The number of carbonyl (C=O) groups is 1. The molecule has 0 aliphatic heterocycles. The third-order valence-corrected chi connectivity index (χ3v) is 6.32. The highest BCUT2D eigenvalue weighted by Gasteiger charge is 2.57. The molecule has 0 aromatic heterocycles. The standard InChI is InChI=1S/C17H21NO3S/c1-2-22(20,21)10-8-16(19)18-12-14-11-17(14)9-7-13-5-3-4-6-15(13)17/h2-6,14H,1,7-12H2,(H,18,19). The van der Waals surface area contributed by atoms with Gasteiger partial charge < -0.3 is 5.32 Å². The van der Waals surface area contributed by atoms with Gasteiger partial charge in [-0.25, -0.2) is 8.42 Å². The van der Waals surface area contributed by atoms with Gasteiger partial charge in [0.15, 0.2) is 9.84 Å². The topological polar surface area (TPSA) is 63.2 Å². The van der Waals surface area contributed by atoms with E-state index in [4.69, 9.17) is 0 Å². The van der Waals surface area contributed by atoms with E-state index in [9.17, 15) is 13.2 Å². The van der Waals surface area contributed by atoms with Crippen molar-refractivity contribution in [3.05, 3.63) is 47.4 Å². The quantitative estimate of drug-likeness (QED) is 0.872. The van der Waals surface area contributed by atoms with E-state index >= 15 is 0 Å². The van der Waals surface area contributed by atoms with Gasteiger partial charge in [-0.2, -0.15) is 0 Å². The lowest BCUT2D eigenvalue weighted by molar-refractivity contribution is -0.120. The average Bonchev–Trinajstić information content (AvgIpc) is 3.11. The summed E-state index contributed by atoms with van der Waals surface area (Å²) in [6.45, 7) is 3.88. The summed E-state index contributed by atoms with van der Waals surface area (Å²) >= 11 is 0. The summed E-state index contributed by atoms with van der Waals surface area (Å²) in [4.78, 5) is 11.8. The van der Waals surface area contributed by atoms with Crippen molar-refractivity contribution < 1.29 is 13.2 Å². The van der Waals surface area contributed by atoms with E-state index in [0.29, 0.717) is 12.5 Å². The van der Waals surface area contributed by atoms with Gasteiger partial charge in [0.2, 0.25) is 5.91 Å². The van der Waals surface area contributed by atoms with E-state index in [0.717, 1.165) is 24.7 Å². The Labute approximate surface area is 131 Å². The van der Waals surface area contributed by atoms with Crippen molar-refractivity contribution in [2.45, 2.75) is 31.1 Å². The highest BCUT2D eigenvalue weighted by molar-refractivity contribution is 7.94. The summed E-state index contributed by atoms with van der Waals surface area (Å²) in [6.07, 6.45) is 3.41. The summed E-state index contributed by atoms with van der Waals surface area (Å²) in [6, 6.07) is 8.57. The highest BCUT2D eigenvalue weighted by Crippen LogP contribution is 2.61. The largest absolute Gasteiger partial charge is 0.356 e. The highest BCUT2D eigenvalue weighted by atomic mass is 32.2. The minimum atomic E-state index is -3.30. The fraction of sp³-hybridized carbons (Fsp3) is 0.471. The van der Waals surface area contributed by atoms with Crippen LogP contribution in [0.4, 0.5) is 0 Å². The molecule has 1 saturated carbocycles. The first-order chi connectivity index (χ1) is 10.5. The van der Waals surface area contributed by atoms with E-state index in [2.05, 4.69) is 36.2 Å². The molecular weight excluding hydrogens is 298 g/mol. The summed E-state index contributed by atoms with van der Waals surface area (Å²) < 4.78 is 22.6. The zero-order valence-electron chi connectivity index (χ0n) is 12.5. The molecule has 2 aliphatic carbocycles.